The molecule has 0 saturated carbocycles. The van der Waals surface area contributed by atoms with Gasteiger partial charge in [0.2, 0.25) is 0 Å². The average molecular weight is 354 g/mol. The number of carbonyl (C=O) groups is 1. The molecule has 0 heterocycles. The Balaban J connectivity index is 2.11. The van der Waals surface area contributed by atoms with Gasteiger partial charge in [-0.2, -0.15) is 0 Å². The highest BCUT2D eigenvalue weighted by molar-refractivity contribution is 6.37. The third-order valence-corrected chi connectivity index (χ3v) is 3.88. The van der Waals surface area contributed by atoms with Crippen molar-refractivity contribution in [3.05, 3.63) is 63.1 Å². The molecule has 0 fully saturated rings. The number of hydrogen-bond acceptors (Lipinski definition) is 3. The molecule has 0 saturated heterocycles. The van der Waals surface area contributed by atoms with Crippen molar-refractivity contribution in [1.29, 1.82) is 0 Å². The van der Waals surface area contributed by atoms with E-state index in [0.717, 1.165) is 11.1 Å². The van der Waals surface area contributed by atoms with Gasteiger partial charge in [0.1, 0.15) is 0 Å². The number of halogens is 2. The molecular formula is C17H17Cl2NO3. The molecule has 0 aliphatic heterocycles. The van der Waals surface area contributed by atoms with Crippen molar-refractivity contribution in [2.45, 2.75) is 13.2 Å². The first kappa shape index (κ1) is 17.6. The summed E-state index contributed by atoms with van der Waals surface area (Å²) in [6.07, 6.45) is 0. The molecule has 0 aromatic heterocycles. The fourth-order valence-electron chi connectivity index (χ4n) is 2.19. The van der Waals surface area contributed by atoms with Gasteiger partial charge in [0.25, 0.3) is 5.91 Å². The highest BCUT2D eigenvalue weighted by Crippen LogP contribution is 2.33. The first-order valence-electron chi connectivity index (χ1n) is 6.93. The molecule has 0 bridgehead atoms. The first-order chi connectivity index (χ1) is 11.1. The Bertz CT molecular complexity index is 681. The molecule has 23 heavy (non-hydrogen) atoms. The Morgan fingerprint density at radius 2 is 1.70 bits per heavy atom. The molecule has 0 radical (unpaired) electrons. The van der Waals surface area contributed by atoms with Crippen molar-refractivity contribution in [3.8, 4) is 5.75 Å². The van der Waals surface area contributed by atoms with E-state index < -0.39 is 0 Å². The second-order valence-electron chi connectivity index (χ2n) is 4.86. The van der Waals surface area contributed by atoms with E-state index in [9.17, 15) is 4.79 Å². The average Bonchev–Trinajstić information content (AvgIpc) is 2.53. The van der Waals surface area contributed by atoms with Gasteiger partial charge in [0.05, 0.1) is 23.8 Å². The van der Waals surface area contributed by atoms with E-state index >= 15 is 0 Å². The minimum atomic E-state index is -0.260. The number of carbonyl (C=O) groups excluding carboxylic acids is 1. The summed E-state index contributed by atoms with van der Waals surface area (Å²) >= 11 is 12.1. The van der Waals surface area contributed by atoms with Gasteiger partial charge in [0, 0.05) is 19.2 Å². The fraction of sp³-hybridized carbons (Fsp3) is 0.235. The predicted molar refractivity (Wildman–Crippen MR) is 91.3 cm³/mol. The van der Waals surface area contributed by atoms with Crippen LogP contribution in [0.15, 0.2) is 36.4 Å². The van der Waals surface area contributed by atoms with Crippen LogP contribution in [0.1, 0.15) is 21.5 Å². The van der Waals surface area contributed by atoms with Gasteiger partial charge in [-0.25, -0.2) is 0 Å². The number of rotatable bonds is 6. The molecule has 2 aromatic carbocycles. The SMILES string of the molecule is COCc1ccccc1CNC(=O)c1cc(Cl)c(OC)c(Cl)c1. The van der Waals surface area contributed by atoms with E-state index in [1.165, 1.54) is 19.2 Å². The minimum Gasteiger partial charge on any atom is -0.494 e. The van der Waals surface area contributed by atoms with Crippen LogP contribution < -0.4 is 10.1 Å². The Morgan fingerprint density at radius 1 is 1.09 bits per heavy atom. The lowest BCUT2D eigenvalue weighted by atomic mass is 10.1. The maximum absolute atomic E-state index is 12.3. The van der Waals surface area contributed by atoms with Crippen LogP contribution in [0.5, 0.6) is 5.75 Å². The molecule has 6 heteroatoms. The van der Waals surface area contributed by atoms with E-state index in [0.29, 0.717) is 34.5 Å². The fourth-order valence-corrected chi connectivity index (χ4v) is 2.83. The third kappa shape index (κ3) is 4.38. The monoisotopic (exact) mass is 353 g/mol. The highest BCUT2D eigenvalue weighted by Gasteiger charge is 2.13. The second-order valence-corrected chi connectivity index (χ2v) is 5.67. The van der Waals surface area contributed by atoms with Crippen LogP contribution in [0.25, 0.3) is 0 Å². The summed E-state index contributed by atoms with van der Waals surface area (Å²) < 4.78 is 10.2. The zero-order chi connectivity index (χ0) is 16.8. The maximum atomic E-state index is 12.3. The van der Waals surface area contributed by atoms with Crippen LogP contribution in [0.4, 0.5) is 0 Å². The topological polar surface area (TPSA) is 47.6 Å². The van der Waals surface area contributed by atoms with E-state index in [4.69, 9.17) is 32.7 Å². The molecule has 1 N–H and O–H groups in total. The highest BCUT2D eigenvalue weighted by atomic mass is 35.5. The molecular weight excluding hydrogens is 337 g/mol. The van der Waals surface area contributed by atoms with Crippen molar-refractivity contribution in [3.63, 3.8) is 0 Å². The van der Waals surface area contributed by atoms with Crippen LogP contribution in [-0.2, 0) is 17.9 Å². The number of methoxy groups -OCH3 is 2. The molecule has 0 unspecified atom stereocenters. The van der Waals surface area contributed by atoms with Gasteiger partial charge < -0.3 is 14.8 Å². The summed E-state index contributed by atoms with van der Waals surface area (Å²) in [6, 6.07) is 10.8. The molecule has 1 amide bonds. The third-order valence-electron chi connectivity index (χ3n) is 3.32. The number of hydrogen-bond donors (Lipinski definition) is 1. The number of nitrogens with one attached hydrogen (secondary N) is 1. The summed E-state index contributed by atoms with van der Waals surface area (Å²) in [7, 11) is 3.11. The van der Waals surface area contributed by atoms with Gasteiger partial charge >= 0.3 is 0 Å². The standard InChI is InChI=1S/C17H17Cl2NO3/c1-22-10-12-6-4-3-5-11(12)9-20-17(21)13-7-14(18)16(23-2)15(19)8-13/h3-8H,9-10H2,1-2H3,(H,20,21). The molecule has 2 rings (SSSR count). The Morgan fingerprint density at radius 3 is 2.26 bits per heavy atom. The van der Waals surface area contributed by atoms with Crippen LogP contribution in [0.2, 0.25) is 10.0 Å². The van der Waals surface area contributed by atoms with Gasteiger partial charge in [-0.15, -0.1) is 0 Å². The largest absolute Gasteiger partial charge is 0.494 e. The smallest absolute Gasteiger partial charge is 0.251 e. The van der Waals surface area contributed by atoms with Crippen molar-refractivity contribution >= 4 is 29.1 Å². The summed E-state index contributed by atoms with van der Waals surface area (Å²) in [5.74, 6) is 0.0963. The Kier molecular flexibility index (Phi) is 6.28. The van der Waals surface area contributed by atoms with Gasteiger partial charge in [-0.1, -0.05) is 47.5 Å². The van der Waals surface area contributed by atoms with Crippen LogP contribution in [-0.4, -0.2) is 20.1 Å². The van der Waals surface area contributed by atoms with E-state index in [1.807, 2.05) is 24.3 Å². The Labute approximate surface area is 145 Å². The zero-order valence-corrected chi connectivity index (χ0v) is 14.4. The molecule has 0 atom stereocenters. The predicted octanol–water partition coefficient (Wildman–Crippen LogP) is 4.08. The summed E-state index contributed by atoms with van der Waals surface area (Å²) in [6.45, 7) is 0.881. The lowest BCUT2D eigenvalue weighted by Gasteiger charge is -2.11. The van der Waals surface area contributed by atoms with E-state index in [-0.39, 0.29) is 5.91 Å². The summed E-state index contributed by atoms with van der Waals surface area (Å²) in [4.78, 5) is 12.3. The maximum Gasteiger partial charge on any atom is 0.251 e. The molecule has 0 aliphatic carbocycles. The van der Waals surface area contributed by atoms with Gasteiger partial charge in [-0.05, 0) is 23.3 Å². The second kappa shape index (κ2) is 8.20. The van der Waals surface area contributed by atoms with Crippen molar-refractivity contribution < 1.29 is 14.3 Å². The van der Waals surface area contributed by atoms with Crippen molar-refractivity contribution in [2.75, 3.05) is 14.2 Å². The van der Waals surface area contributed by atoms with E-state index in [1.54, 1.807) is 7.11 Å². The quantitative estimate of drug-likeness (QED) is 0.850. The first-order valence-corrected chi connectivity index (χ1v) is 7.69. The normalized spacial score (nSPS) is 10.4. The molecule has 122 valence electrons. The summed E-state index contributed by atoms with van der Waals surface area (Å²) in [5, 5.41) is 3.45. The minimum absolute atomic E-state index is 0.260. The zero-order valence-electron chi connectivity index (χ0n) is 12.9. The lowest BCUT2D eigenvalue weighted by molar-refractivity contribution is 0.0950. The van der Waals surface area contributed by atoms with Gasteiger partial charge in [-0.3, -0.25) is 4.79 Å². The molecule has 0 aliphatic rings. The molecule has 2 aromatic rings. The van der Waals surface area contributed by atoms with Crippen LogP contribution in [0, 0.1) is 0 Å². The lowest BCUT2D eigenvalue weighted by Crippen LogP contribution is -2.23. The molecule has 0 spiro atoms. The number of benzene rings is 2. The summed E-state index contributed by atoms with van der Waals surface area (Å²) in [5.41, 5.74) is 2.40. The number of ether oxygens (including phenoxy) is 2. The van der Waals surface area contributed by atoms with Crippen LogP contribution in [0.3, 0.4) is 0 Å². The van der Waals surface area contributed by atoms with Gasteiger partial charge in [0.15, 0.2) is 5.75 Å². The Hall–Kier alpha value is -1.75. The van der Waals surface area contributed by atoms with Crippen LogP contribution >= 0.6 is 23.2 Å². The molecule has 4 nitrogen and oxygen atoms in total. The van der Waals surface area contributed by atoms with Crippen molar-refractivity contribution in [1.82, 2.24) is 5.32 Å². The number of amides is 1. The van der Waals surface area contributed by atoms with E-state index in [2.05, 4.69) is 5.32 Å². The van der Waals surface area contributed by atoms with Crippen molar-refractivity contribution in [2.24, 2.45) is 0 Å².